The molecule has 6 heteroatoms. The Morgan fingerprint density at radius 1 is 1.25 bits per heavy atom. The summed E-state index contributed by atoms with van der Waals surface area (Å²) in [4.78, 5) is 27.2. The molecule has 0 aliphatic carbocycles. The first-order valence-corrected chi connectivity index (χ1v) is 7.43. The van der Waals surface area contributed by atoms with Gasteiger partial charge in [-0.15, -0.1) is 0 Å². The molecule has 0 aromatic rings. The summed E-state index contributed by atoms with van der Waals surface area (Å²) in [5.74, 6) is -0.896. The maximum atomic E-state index is 12.5. The standard InChI is InChI=1S/C14H24N2O4/c1-10-12(13(18)19)4-7-16(10)14(20)15-6-2-3-11(9-15)5-8-17/h10-12,17H,2-9H2,1H3,(H,18,19). The highest BCUT2D eigenvalue weighted by Gasteiger charge is 2.40. The second-order valence-corrected chi connectivity index (χ2v) is 5.92. The lowest BCUT2D eigenvalue weighted by atomic mass is 9.95. The van der Waals surface area contributed by atoms with E-state index in [0.717, 1.165) is 25.8 Å². The van der Waals surface area contributed by atoms with E-state index in [4.69, 9.17) is 10.2 Å². The molecule has 2 aliphatic heterocycles. The van der Waals surface area contributed by atoms with E-state index in [1.807, 2.05) is 11.8 Å². The Morgan fingerprint density at radius 3 is 2.60 bits per heavy atom. The molecule has 2 fully saturated rings. The minimum atomic E-state index is -0.815. The third-order valence-electron chi connectivity index (χ3n) is 4.64. The molecule has 0 aromatic heterocycles. The first-order chi connectivity index (χ1) is 9.54. The van der Waals surface area contributed by atoms with Gasteiger partial charge in [-0.05, 0) is 38.5 Å². The number of aliphatic hydroxyl groups is 1. The Morgan fingerprint density at radius 2 is 2.00 bits per heavy atom. The second-order valence-electron chi connectivity index (χ2n) is 5.92. The summed E-state index contributed by atoms with van der Waals surface area (Å²) in [6.07, 6.45) is 3.28. The number of carboxylic acid groups (broad SMARTS) is 1. The van der Waals surface area contributed by atoms with Crippen molar-refractivity contribution >= 4 is 12.0 Å². The summed E-state index contributed by atoms with van der Waals surface area (Å²) in [6, 6.07) is -0.276. The molecule has 0 saturated carbocycles. The van der Waals surface area contributed by atoms with Crippen LogP contribution >= 0.6 is 0 Å². The number of hydrogen-bond donors (Lipinski definition) is 2. The van der Waals surface area contributed by atoms with E-state index < -0.39 is 11.9 Å². The minimum absolute atomic E-state index is 0.0381. The van der Waals surface area contributed by atoms with Crippen LogP contribution in [0.15, 0.2) is 0 Å². The Bertz CT molecular complexity index is 372. The molecule has 0 radical (unpaired) electrons. The minimum Gasteiger partial charge on any atom is -0.481 e. The average molecular weight is 284 g/mol. The number of aliphatic hydroxyl groups excluding tert-OH is 1. The molecule has 3 atom stereocenters. The van der Waals surface area contributed by atoms with E-state index in [9.17, 15) is 9.59 Å². The molecule has 2 N–H and O–H groups in total. The number of urea groups is 1. The van der Waals surface area contributed by atoms with E-state index in [1.165, 1.54) is 0 Å². The molecular weight excluding hydrogens is 260 g/mol. The quantitative estimate of drug-likeness (QED) is 0.810. The average Bonchev–Trinajstić information content (AvgIpc) is 2.80. The van der Waals surface area contributed by atoms with Gasteiger partial charge in [-0.2, -0.15) is 0 Å². The van der Waals surface area contributed by atoms with Crippen LogP contribution < -0.4 is 0 Å². The zero-order chi connectivity index (χ0) is 14.7. The number of carboxylic acids is 1. The van der Waals surface area contributed by atoms with Gasteiger partial charge in [-0.1, -0.05) is 0 Å². The van der Waals surface area contributed by atoms with Crippen LogP contribution in [0.25, 0.3) is 0 Å². The molecule has 2 rings (SSSR count). The second kappa shape index (κ2) is 6.43. The number of nitrogens with zero attached hydrogens (tertiary/aromatic N) is 2. The van der Waals surface area contributed by atoms with Crippen molar-refractivity contribution in [2.24, 2.45) is 11.8 Å². The van der Waals surface area contributed by atoms with Crippen LogP contribution in [0.5, 0.6) is 0 Å². The van der Waals surface area contributed by atoms with Crippen LogP contribution in [0.2, 0.25) is 0 Å². The molecule has 6 nitrogen and oxygen atoms in total. The molecule has 2 saturated heterocycles. The van der Waals surface area contributed by atoms with Gasteiger partial charge in [-0.3, -0.25) is 4.79 Å². The summed E-state index contributed by atoms with van der Waals surface area (Å²) >= 11 is 0. The van der Waals surface area contributed by atoms with Crippen molar-refractivity contribution in [2.45, 2.75) is 38.6 Å². The third-order valence-corrected chi connectivity index (χ3v) is 4.64. The maximum Gasteiger partial charge on any atom is 0.320 e. The van der Waals surface area contributed by atoms with Gasteiger partial charge in [0.1, 0.15) is 0 Å². The summed E-state index contributed by atoms with van der Waals surface area (Å²) in [5.41, 5.74) is 0. The Hall–Kier alpha value is -1.30. The molecule has 0 spiro atoms. The lowest BCUT2D eigenvalue weighted by molar-refractivity contribution is -0.142. The van der Waals surface area contributed by atoms with Crippen molar-refractivity contribution < 1.29 is 19.8 Å². The number of carbonyl (C=O) groups is 2. The highest BCUT2D eigenvalue weighted by Crippen LogP contribution is 2.27. The number of hydrogen-bond acceptors (Lipinski definition) is 3. The first-order valence-electron chi connectivity index (χ1n) is 7.43. The molecule has 2 aliphatic rings. The molecule has 0 aromatic carbocycles. The van der Waals surface area contributed by atoms with Gasteiger partial charge in [0.15, 0.2) is 0 Å². The fourth-order valence-electron chi connectivity index (χ4n) is 3.38. The number of carbonyl (C=O) groups excluding carboxylic acids is 1. The first kappa shape index (κ1) is 15.1. The van der Waals surface area contributed by atoms with Gasteiger partial charge >= 0.3 is 12.0 Å². The number of aliphatic carboxylic acids is 1. The highest BCUT2D eigenvalue weighted by molar-refractivity contribution is 5.78. The van der Waals surface area contributed by atoms with Gasteiger partial charge in [0.2, 0.25) is 0 Å². The van der Waals surface area contributed by atoms with Crippen molar-refractivity contribution in [1.29, 1.82) is 0 Å². The van der Waals surface area contributed by atoms with Gasteiger partial charge in [-0.25, -0.2) is 4.79 Å². The van der Waals surface area contributed by atoms with Crippen molar-refractivity contribution in [3.05, 3.63) is 0 Å². The molecule has 2 heterocycles. The van der Waals surface area contributed by atoms with Crippen molar-refractivity contribution in [2.75, 3.05) is 26.2 Å². The van der Waals surface area contributed by atoms with Crippen LogP contribution in [-0.4, -0.2) is 64.3 Å². The molecule has 114 valence electrons. The van der Waals surface area contributed by atoms with E-state index in [1.54, 1.807) is 4.90 Å². The van der Waals surface area contributed by atoms with Gasteiger partial charge < -0.3 is 20.0 Å². The Balaban J connectivity index is 1.95. The zero-order valence-corrected chi connectivity index (χ0v) is 12.0. The predicted octanol–water partition coefficient (Wildman–Crippen LogP) is 0.996. The van der Waals surface area contributed by atoms with Crippen molar-refractivity contribution in [3.8, 4) is 0 Å². The van der Waals surface area contributed by atoms with Gasteiger partial charge in [0.05, 0.1) is 5.92 Å². The SMILES string of the molecule is CC1C(C(=O)O)CCN1C(=O)N1CCCC(CCO)C1. The van der Waals surface area contributed by atoms with E-state index in [0.29, 0.717) is 25.4 Å². The molecule has 3 unspecified atom stereocenters. The number of amides is 2. The summed E-state index contributed by atoms with van der Waals surface area (Å²) < 4.78 is 0. The van der Waals surface area contributed by atoms with Crippen LogP contribution in [-0.2, 0) is 4.79 Å². The summed E-state index contributed by atoms with van der Waals surface area (Å²) in [7, 11) is 0. The normalized spacial score (nSPS) is 30.6. The third kappa shape index (κ3) is 3.06. The topological polar surface area (TPSA) is 81.1 Å². The van der Waals surface area contributed by atoms with E-state index >= 15 is 0 Å². The zero-order valence-electron chi connectivity index (χ0n) is 12.0. The lowest BCUT2D eigenvalue weighted by Crippen LogP contribution is -2.49. The lowest BCUT2D eigenvalue weighted by Gasteiger charge is -2.36. The Kier molecular flexibility index (Phi) is 4.86. The number of rotatable bonds is 3. The smallest absolute Gasteiger partial charge is 0.320 e. The fraction of sp³-hybridized carbons (Fsp3) is 0.857. The molecule has 0 bridgehead atoms. The van der Waals surface area contributed by atoms with Crippen molar-refractivity contribution in [1.82, 2.24) is 9.80 Å². The molecule has 20 heavy (non-hydrogen) atoms. The van der Waals surface area contributed by atoms with Gasteiger partial charge in [0.25, 0.3) is 0 Å². The summed E-state index contributed by atoms with van der Waals surface area (Å²) in [5, 5.41) is 18.1. The van der Waals surface area contributed by atoms with E-state index in [-0.39, 0.29) is 18.7 Å². The number of likely N-dealkylation sites (tertiary alicyclic amines) is 2. The summed E-state index contributed by atoms with van der Waals surface area (Å²) in [6.45, 7) is 3.92. The molecule has 2 amide bonds. The van der Waals surface area contributed by atoms with E-state index in [2.05, 4.69) is 0 Å². The van der Waals surface area contributed by atoms with Gasteiger partial charge in [0, 0.05) is 32.3 Å². The maximum absolute atomic E-state index is 12.5. The van der Waals surface area contributed by atoms with Crippen LogP contribution in [0.1, 0.15) is 32.6 Å². The van der Waals surface area contributed by atoms with Crippen molar-refractivity contribution in [3.63, 3.8) is 0 Å². The van der Waals surface area contributed by atoms with Crippen LogP contribution in [0.3, 0.4) is 0 Å². The molecular formula is C14H24N2O4. The number of piperidine rings is 1. The highest BCUT2D eigenvalue weighted by atomic mass is 16.4. The largest absolute Gasteiger partial charge is 0.481 e. The van der Waals surface area contributed by atoms with Crippen LogP contribution in [0, 0.1) is 11.8 Å². The Labute approximate surface area is 119 Å². The predicted molar refractivity (Wildman–Crippen MR) is 73.3 cm³/mol. The fourth-order valence-corrected chi connectivity index (χ4v) is 3.38. The van der Waals surface area contributed by atoms with Crippen LogP contribution in [0.4, 0.5) is 4.79 Å². The monoisotopic (exact) mass is 284 g/mol.